The molecule has 3 rings (SSSR count). The van der Waals surface area contributed by atoms with Crippen LogP contribution in [0.2, 0.25) is 0 Å². The number of halogens is 2. The maximum atomic E-state index is 13.7. The standard InChI is InChI=1S/C18H22F2N4S/c1-24-8-2-4-12(17(24)16-5-3-9-25-16)11-22-18(21)23-15-10-13(19)6-7-14(15)20/h3,5-7,9-10,12,17H,2,4,8,11H2,1H3,(H3,21,22,23). The topological polar surface area (TPSA) is 53.6 Å². The van der Waals surface area contributed by atoms with Gasteiger partial charge in [0, 0.05) is 23.5 Å². The minimum absolute atomic E-state index is 0.00295. The van der Waals surface area contributed by atoms with Crippen molar-refractivity contribution in [2.75, 3.05) is 25.5 Å². The van der Waals surface area contributed by atoms with E-state index in [1.54, 1.807) is 11.3 Å². The fourth-order valence-electron chi connectivity index (χ4n) is 3.35. The molecule has 0 saturated carbocycles. The average Bonchev–Trinajstić information content (AvgIpc) is 3.10. The highest BCUT2D eigenvalue weighted by Gasteiger charge is 2.30. The highest BCUT2D eigenvalue weighted by atomic mass is 32.1. The zero-order chi connectivity index (χ0) is 17.8. The Kier molecular flexibility index (Phi) is 5.65. The number of nitrogens with zero attached hydrogens (tertiary/aromatic N) is 2. The van der Waals surface area contributed by atoms with Gasteiger partial charge in [-0.2, -0.15) is 0 Å². The summed E-state index contributed by atoms with van der Waals surface area (Å²) in [6.07, 6.45) is 2.18. The Labute approximate surface area is 150 Å². The molecule has 2 heterocycles. The first-order valence-corrected chi connectivity index (χ1v) is 9.18. The molecule has 0 amide bonds. The van der Waals surface area contributed by atoms with Crippen molar-refractivity contribution in [2.24, 2.45) is 16.6 Å². The van der Waals surface area contributed by atoms with Gasteiger partial charge in [0.25, 0.3) is 0 Å². The summed E-state index contributed by atoms with van der Waals surface area (Å²) in [7, 11) is 2.13. The van der Waals surface area contributed by atoms with E-state index >= 15 is 0 Å². The van der Waals surface area contributed by atoms with Gasteiger partial charge in [0.05, 0.1) is 5.69 Å². The highest BCUT2D eigenvalue weighted by Crippen LogP contribution is 2.37. The smallest absolute Gasteiger partial charge is 0.193 e. The van der Waals surface area contributed by atoms with Crippen LogP contribution >= 0.6 is 11.3 Å². The van der Waals surface area contributed by atoms with Gasteiger partial charge in [-0.15, -0.1) is 11.3 Å². The number of guanidine groups is 1. The third-order valence-electron chi connectivity index (χ3n) is 4.53. The second-order valence-corrected chi connectivity index (χ2v) is 7.30. The van der Waals surface area contributed by atoms with Crippen LogP contribution in [0.4, 0.5) is 14.5 Å². The molecule has 2 unspecified atom stereocenters. The molecule has 2 aromatic rings. The molecule has 1 fully saturated rings. The zero-order valence-electron chi connectivity index (χ0n) is 14.1. The number of hydrogen-bond acceptors (Lipinski definition) is 3. The molecule has 0 radical (unpaired) electrons. The summed E-state index contributed by atoms with van der Waals surface area (Å²) in [5.74, 6) is -0.644. The number of aliphatic imine (C=N–C) groups is 1. The summed E-state index contributed by atoms with van der Waals surface area (Å²) >= 11 is 1.75. The Morgan fingerprint density at radius 1 is 1.40 bits per heavy atom. The predicted octanol–water partition coefficient (Wildman–Crippen LogP) is 3.84. The number of benzene rings is 1. The fraction of sp³-hybridized carbons (Fsp3) is 0.389. The van der Waals surface area contributed by atoms with Crippen LogP contribution in [0.25, 0.3) is 0 Å². The van der Waals surface area contributed by atoms with Crippen LogP contribution in [0.1, 0.15) is 23.8 Å². The summed E-state index contributed by atoms with van der Waals surface area (Å²) in [6.45, 7) is 1.60. The van der Waals surface area contributed by atoms with E-state index in [2.05, 4.69) is 39.8 Å². The molecule has 2 atom stereocenters. The number of likely N-dealkylation sites (tertiary alicyclic amines) is 1. The van der Waals surface area contributed by atoms with Crippen LogP contribution in [0.15, 0.2) is 40.7 Å². The van der Waals surface area contributed by atoms with Crippen LogP contribution < -0.4 is 11.1 Å². The summed E-state index contributed by atoms with van der Waals surface area (Å²) in [4.78, 5) is 8.06. The van der Waals surface area contributed by atoms with Gasteiger partial charge >= 0.3 is 0 Å². The van der Waals surface area contributed by atoms with Crippen molar-refractivity contribution in [3.05, 3.63) is 52.2 Å². The van der Waals surface area contributed by atoms with Gasteiger partial charge in [-0.1, -0.05) is 6.07 Å². The Balaban J connectivity index is 1.69. The van der Waals surface area contributed by atoms with Gasteiger partial charge in [0.2, 0.25) is 0 Å². The number of piperidine rings is 1. The molecule has 7 heteroatoms. The largest absolute Gasteiger partial charge is 0.370 e. The molecule has 1 aromatic heterocycles. The zero-order valence-corrected chi connectivity index (χ0v) is 14.9. The molecule has 25 heavy (non-hydrogen) atoms. The molecular formula is C18H22F2N4S. The first kappa shape index (κ1) is 17.8. The average molecular weight is 364 g/mol. The van der Waals surface area contributed by atoms with Crippen LogP contribution in [0, 0.1) is 17.6 Å². The second kappa shape index (κ2) is 7.93. The number of nitrogens with one attached hydrogen (secondary N) is 1. The van der Waals surface area contributed by atoms with Gasteiger partial charge in [0.1, 0.15) is 11.6 Å². The number of rotatable bonds is 4. The predicted molar refractivity (Wildman–Crippen MR) is 98.9 cm³/mol. The number of thiophene rings is 1. The fourth-order valence-corrected chi connectivity index (χ4v) is 4.33. The minimum Gasteiger partial charge on any atom is -0.370 e. The van der Waals surface area contributed by atoms with E-state index in [0.717, 1.165) is 37.6 Å². The molecule has 1 aliphatic heterocycles. The molecule has 0 aliphatic carbocycles. The molecule has 1 aromatic carbocycles. The lowest BCUT2D eigenvalue weighted by Gasteiger charge is -2.38. The SMILES string of the molecule is CN1CCCC(CN=C(N)Nc2cc(F)ccc2F)C1c1cccs1. The molecular weight excluding hydrogens is 342 g/mol. The molecule has 134 valence electrons. The van der Waals surface area contributed by atoms with Gasteiger partial charge in [-0.05, 0) is 55.9 Å². The van der Waals surface area contributed by atoms with Crippen molar-refractivity contribution in [2.45, 2.75) is 18.9 Å². The first-order valence-electron chi connectivity index (χ1n) is 8.30. The summed E-state index contributed by atoms with van der Waals surface area (Å²) < 4.78 is 26.9. The monoisotopic (exact) mass is 364 g/mol. The van der Waals surface area contributed by atoms with Crippen molar-refractivity contribution in [3.63, 3.8) is 0 Å². The lowest BCUT2D eigenvalue weighted by Crippen LogP contribution is -2.37. The Morgan fingerprint density at radius 2 is 2.24 bits per heavy atom. The highest BCUT2D eigenvalue weighted by molar-refractivity contribution is 7.10. The lowest BCUT2D eigenvalue weighted by molar-refractivity contribution is 0.128. The molecule has 0 bridgehead atoms. The van der Waals surface area contributed by atoms with E-state index in [9.17, 15) is 8.78 Å². The van der Waals surface area contributed by atoms with Gasteiger partial charge in [-0.3, -0.25) is 9.89 Å². The van der Waals surface area contributed by atoms with Gasteiger partial charge in [-0.25, -0.2) is 8.78 Å². The van der Waals surface area contributed by atoms with E-state index in [1.165, 1.54) is 4.88 Å². The van der Waals surface area contributed by atoms with Crippen LogP contribution in [-0.2, 0) is 0 Å². The van der Waals surface area contributed by atoms with E-state index in [4.69, 9.17) is 5.73 Å². The number of nitrogens with two attached hydrogens (primary N) is 1. The maximum absolute atomic E-state index is 13.7. The van der Waals surface area contributed by atoms with E-state index < -0.39 is 11.6 Å². The maximum Gasteiger partial charge on any atom is 0.193 e. The molecule has 0 spiro atoms. The van der Waals surface area contributed by atoms with Crippen LogP contribution in [-0.4, -0.2) is 31.0 Å². The van der Waals surface area contributed by atoms with Crippen molar-refractivity contribution in [1.82, 2.24) is 4.90 Å². The quantitative estimate of drug-likeness (QED) is 0.640. The van der Waals surface area contributed by atoms with Gasteiger partial charge < -0.3 is 11.1 Å². The van der Waals surface area contributed by atoms with Crippen LogP contribution in [0.3, 0.4) is 0 Å². The normalized spacial score (nSPS) is 22.1. The summed E-state index contributed by atoms with van der Waals surface area (Å²) in [6, 6.07) is 7.73. The lowest BCUT2D eigenvalue weighted by atomic mass is 9.88. The Morgan fingerprint density at radius 3 is 3.00 bits per heavy atom. The third kappa shape index (κ3) is 4.35. The Hall–Kier alpha value is -1.99. The van der Waals surface area contributed by atoms with E-state index in [0.29, 0.717) is 18.5 Å². The molecule has 4 nitrogen and oxygen atoms in total. The second-order valence-electron chi connectivity index (χ2n) is 6.32. The first-order chi connectivity index (χ1) is 12.0. The van der Waals surface area contributed by atoms with Crippen molar-refractivity contribution >= 4 is 23.0 Å². The summed E-state index contributed by atoms with van der Waals surface area (Å²) in [5, 5.41) is 4.74. The van der Waals surface area contributed by atoms with Crippen LogP contribution in [0.5, 0.6) is 0 Å². The third-order valence-corrected chi connectivity index (χ3v) is 5.47. The van der Waals surface area contributed by atoms with Crippen molar-refractivity contribution in [1.29, 1.82) is 0 Å². The minimum atomic E-state index is -0.562. The van der Waals surface area contributed by atoms with E-state index in [-0.39, 0.29) is 11.6 Å². The van der Waals surface area contributed by atoms with Crippen molar-refractivity contribution < 1.29 is 8.78 Å². The van der Waals surface area contributed by atoms with Crippen molar-refractivity contribution in [3.8, 4) is 0 Å². The summed E-state index contributed by atoms with van der Waals surface area (Å²) in [5.41, 5.74) is 5.88. The number of hydrogen-bond donors (Lipinski definition) is 2. The van der Waals surface area contributed by atoms with E-state index in [1.807, 2.05) is 0 Å². The Bertz CT molecular complexity index is 733. The molecule has 1 saturated heterocycles. The number of anilines is 1. The molecule has 3 N–H and O–H groups in total. The van der Waals surface area contributed by atoms with Gasteiger partial charge in [0.15, 0.2) is 5.96 Å². The molecule has 1 aliphatic rings.